The largest absolute Gasteiger partial charge is 0.271 e. The molecule has 14 heavy (non-hydrogen) atoms. The third-order valence-electron chi connectivity index (χ3n) is 3.88. The number of nitrogens with one attached hydrogen (secondary N) is 1. The molecule has 84 valence electrons. The number of hydrazine groups is 1. The maximum atomic E-state index is 5.67. The Kier molecular flexibility index (Phi) is 4.90. The lowest BCUT2D eigenvalue weighted by molar-refractivity contribution is 0.207. The van der Waals surface area contributed by atoms with Crippen molar-refractivity contribution in [2.45, 2.75) is 71.3 Å². The fraction of sp³-hybridized carbons (Fsp3) is 1.00. The summed E-state index contributed by atoms with van der Waals surface area (Å²) in [6, 6.07) is 0.538. The fourth-order valence-electron chi connectivity index (χ4n) is 2.76. The van der Waals surface area contributed by atoms with Crippen LogP contribution >= 0.6 is 0 Å². The van der Waals surface area contributed by atoms with Crippen molar-refractivity contribution >= 4 is 0 Å². The van der Waals surface area contributed by atoms with Crippen molar-refractivity contribution in [2.75, 3.05) is 0 Å². The van der Waals surface area contributed by atoms with Gasteiger partial charge in [0.15, 0.2) is 0 Å². The standard InChI is InChI=1S/C12H26N2/c1-3-4-5-8-11(14-13)12(2)9-6-7-10-12/h11,14H,3-10,13H2,1-2H3. The third kappa shape index (κ3) is 2.96. The molecule has 2 heteroatoms. The van der Waals surface area contributed by atoms with E-state index in [1.165, 1.54) is 51.4 Å². The first-order valence-corrected chi connectivity index (χ1v) is 6.19. The first-order chi connectivity index (χ1) is 6.73. The highest BCUT2D eigenvalue weighted by molar-refractivity contribution is 4.90. The van der Waals surface area contributed by atoms with E-state index in [0.29, 0.717) is 11.5 Å². The van der Waals surface area contributed by atoms with E-state index in [2.05, 4.69) is 19.3 Å². The van der Waals surface area contributed by atoms with Crippen LogP contribution in [-0.2, 0) is 0 Å². The summed E-state index contributed by atoms with van der Waals surface area (Å²) in [6.07, 6.45) is 10.7. The lowest BCUT2D eigenvalue weighted by Crippen LogP contribution is -2.45. The molecule has 0 spiro atoms. The van der Waals surface area contributed by atoms with Gasteiger partial charge >= 0.3 is 0 Å². The summed E-state index contributed by atoms with van der Waals surface area (Å²) in [6.45, 7) is 4.65. The summed E-state index contributed by atoms with van der Waals surface area (Å²) in [5.41, 5.74) is 3.52. The highest BCUT2D eigenvalue weighted by Gasteiger charge is 2.35. The zero-order valence-electron chi connectivity index (χ0n) is 9.81. The predicted molar refractivity (Wildman–Crippen MR) is 61.8 cm³/mol. The molecular formula is C12H26N2. The molecule has 1 saturated carbocycles. The van der Waals surface area contributed by atoms with Gasteiger partial charge in [-0.1, -0.05) is 46.0 Å². The molecule has 0 saturated heterocycles. The Labute approximate surface area is 88.6 Å². The third-order valence-corrected chi connectivity index (χ3v) is 3.88. The summed E-state index contributed by atoms with van der Waals surface area (Å²) in [5.74, 6) is 5.67. The molecule has 0 bridgehead atoms. The molecule has 0 amide bonds. The van der Waals surface area contributed by atoms with Crippen LogP contribution in [0.2, 0.25) is 0 Å². The molecule has 1 aliphatic carbocycles. The van der Waals surface area contributed by atoms with Gasteiger partial charge in [-0.05, 0) is 24.7 Å². The van der Waals surface area contributed by atoms with Crippen LogP contribution in [0, 0.1) is 5.41 Å². The van der Waals surface area contributed by atoms with Crippen LogP contribution in [0.15, 0.2) is 0 Å². The molecule has 1 fully saturated rings. The molecule has 0 aromatic carbocycles. The minimum Gasteiger partial charge on any atom is -0.271 e. The topological polar surface area (TPSA) is 38.0 Å². The summed E-state index contributed by atoms with van der Waals surface area (Å²) in [7, 11) is 0. The average molecular weight is 198 g/mol. The van der Waals surface area contributed by atoms with Gasteiger partial charge in [-0.15, -0.1) is 0 Å². The Bertz CT molecular complexity index is 150. The van der Waals surface area contributed by atoms with Crippen LogP contribution in [0.4, 0.5) is 0 Å². The second-order valence-corrected chi connectivity index (χ2v) is 5.08. The summed E-state index contributed by atoms with van der Waals surface area (Å²) < 4.78 is 0. The second kappa shape index (κ2) is 5.72. The molecule has 1 rings (SSSR count). The van der Waals surface area contributed by atoms with Crippen molar-refractivity contribution in [3.63, 3.8) is 0 Å². The molecule has 1 aliphatic rings. The summed E-state index contributed by atoms with van der Waals surface area (Å²) in [4.78, 5) is 0. The summed E-state index contributed by atoms with van der Waals surface area (Å²) in [5, 5.41) is 0. The number of rotatable bonds is 6. The van der Waals surface area contributed by atoms with E-state index >= 15 is 0 Å². The van der Waals surface area contributed by atoms with Gasteiger partial charge in [-0.25, -0.2) is 0 Å². The van der Waals surface area contributed by atoms with Gasteiger partial charge in [-0.3, -0.25) is 11.3 Å². The molecule has 3 N–H and O–H groups in total. The van der Waals surface area contributed by atoms with Crippen molar-refractivity contribution in [3.05, 3.63) is 0 Å². The second-order valence-electron chi connectivity index (χ2n) is 5.08. The molecule has 1 atom stereocenters. The van der Waals surface area contributed by atoms with E-state index < -0.39 is 0 Å². The molecule has 0 aliphatic heterocycles. The molecule has 0 heterocycles. The molecular weight excluding hydrogens is 172 g/mol. The predicted octanol–water partition coefficient (Wildman–Crippen LogP) is 2.98. The van der Waals surface area contributed by atoms with Crippen LogP contribution in [0.1, 0.15) is 65.2 Å². The van der Waals surface area contributed by atoms with Crippen molar-refractivity contribution in [1.82, 2.24) is 5.43 Å². The maximum absolute atomic E-state index is 5.67. The Morgan fingerprint density at radius 3 is 2.43 bits per heavy atom. The Morgan fingerprint density at radius 2 is 1.93 bits per heavy atom. The van der Waals surface area contributed by atoms with Gasteiger partial charge < -0.3 is 0 Å². The van der Waals surface area contributed by atoms with E-state index in [1.54, 1.807) is 0 Å². The van der Waals surface area contributed by atoms with Gasteiger partial charge in [0.1, 0.15) is 0 Å². The molecule has 2 nitrogen and oxygen atoms in total. The highest BCUT2D eigenvalue weighted by Crippen LogP contribution is 2.41. The first kappa shape index (κ1) is 12.0. The highest BCUT2D eigenvalue weighted by atomic mass is 15.2. The SMILES string of the molecule is CCCCCC(NN)C1(C)CCCC1. The number of hydrogen-bond acceptors (Lipinski definition) is 2. The van der Waals surface area contributed by atoms with Gasteiger partial charge in [0, 0.05) is 6.04 Å². The zero-order chi connectivity index (χ0) is 10.4. The van der Waals surface area contributed by atoms with Gasteiger partial charge in [0.2, 0.25) is 0 Å². The van der Waals surface area contributed by atoms with E-state index in [-0.39, 0.29) is 0 Å². The van der Waals surface area contributed by atoms with E-state index in [0.717, 1.165) is 0 Å². The molecule has 0 aromatic heterocycles. The van der Waals surface area contributed by atoms with Crippen LogP contribution in [-0.4, -0.2) is 6.04 Å². The van der Waals surface area contributed by atoms with Crippen molar-refractivity contribution < 1.29 is 0 Å². The van der Waals surface area contributed by atoms with Gasteiger partial charge in [0.05, 0.1) is 0 Å². The monoisotopic (exact) mass is 198 g/mol. The van der Waals surface area contributed by atoms with Crippen molar-refractivity contribution in [2.24, 2.45) is 11.3 Å². The molecule has 0 radical (unpaired) electrons. The van der Waals surface area contributed by atoms with Crippen molar-refractivity contribution in [3.8, 4) is 0 Å². The zero-order valence-corrected chi connectivity index (χ0v) is 9.81. The maximum Gasteiger partial charge on any atom is 0.0264 e. The van der Waals surface area contributed by atoms with E-state index in [9.17, 15) is 0 Å². The lowest BCUT2D eigenvalue weighted by Gasteiger charge is -2.33. The van der Waals surface area contributed by atoms with Crippen molar-refractivity contribution in [1.29, 1.82) is 0 Å². The Balaban J connectivity index is 2.35. The molecule has 0 aromatic rings. The van der Waals surface area contributed by atoms with Gasteiger partial charge in [-0.2, -0.15) is 0 Å². The number of unbranched alkanes of at least 4 members (excludes halogenated alkanes) is 2. The van der Waals surface area contributed by atoms with Gasteiger partial charge in [0.25, 0.3) is 0 Å². The first-order valence-electron chi connectivity index (χ1n) is 6.19. The van der Waals surface area contributed by atoms with Crippen LogP contribution in [0.3, 0.4) is 0 Å². The van der Waals surface area contributed by atoms with E-state index in [4.69, 9.17) is 5.84 Å². The van der Waals surface area contributed by atoms with Crippen LogP contribution in [0.25, 0.3) is 0 Å². The average Bonchev–Trinajstić information content (AvgIpc) is 2.61. The minimum absolute atomic E-state index is 0.475. The Morgan fingerprint density at radius 1 is 1.29 bits per heavy atom. The quantitative estimate of drug-likeness (QED) is 0.391. The normalized spacial score (nSPS) is 22.5. The number of hydrogen-bond donors (Lipinski definition) is 2. The number of nitrogens with two attached hydrogens (primary N) is 1. The van der Waals surface area contributed by atoms with Crippen LogP contribution < -0.4 is 11.3 Å². The smallest absolute Gasteiger partial charge is 0.0264 e. The lowest BCUT2D eigenvalue weighted by atomic mass is 9.78. The Hall–Kier alpha value is -0.0800. The minimum atomic E-state index is 0.475. The van der Waals surface area contributed by atoms with Crippen LogP contribution in [0.5, 0.6) is 0 Å². The summed E-state index contributed by atoms with van der Waals surface area (Å²) >= 11 is 0. The van der Waals surface area contributed by atoms with E-state index in [1.807, 2.05) is 0 Å². The fourth-order valence-corrected chi connectivity index (χ4v) is 2.76. The molecule has 1 unspecified atom stereocenters.